The molecule has 2 heterocycles. The van der Waals surface area contributed by atoms with Gasteiger partial charge in [-0.25, -0.2) is 0 Å². The zero-order valence-corrected chi connectivity index (χ0v) is 15.4. The third-order valence-corrected chi connectivity index (χ3v) is 7.07. The maximum absolute atomic E-state index is 13.0. The first-order valence-electron chi connectivity index (χ1n) is 9.53. The molecule has 3 fully saturated rings. The Morgan fingerprint density at radius 1 is 1.08 bits per heavy atom. The fourth-order valence-corrected chi connectivity index (χ4v) is 4.96. The van der Waals surface area contributed by atoms with Gasteiger partial charge < -0.3 is 10.0 Å². The van der Waals surface area contributed by atoms with Crippen LogP contribution in [0.2, 0.25) is 0 Å². The number of likely N-dealkylation sites (tertiary alicyclic amines) is 2. The van der Waals surface area contributed by atoms with Gasteiger partial charge in [0.1, 0.15) is 0 Å². The number of carbonyl (C=O) groups excluding carboxylic acids is 2. The van der Waals surface area contributed by atoms with Gasteiger partial charge in [0.15, 0.2) is 0 Å². The number of rotatable bonds is 4. The second-order valence-corrected chi connectivity index (χ2v) is 8.77. The van der Waals surface area contributed by atoms with E-state index in [1.165, 1.54) is 30.6 Å². The van der Waals surface area contributed by atoms with Gasteiger partial charge in [-0.1, -0.05) is 33.6 Å². The third-order valence-electron chi connectivity index (χ3n) is 7.07. The molecule has 2 aliphatic heterocycles. The first-order valence-corrected chi connectivity index (χ1v) is 9.53. The average molecular weight is 336 g/mol. The number of amides is 2. The van der Waals surface area contributed by atoms with E-state index in [-0.39, 0.29) is 29.7 Å². The molecule has 0 aromatic heterocycles. The zero-order chi connectivity index (χ0) is 17.5. The van der Waals surface area contributed by atoms with Crippen molar-refractivity contribution in [2.75, 3.05) is 26.2 Å². The highest BCUT2D eigenvalue weighted by Gasteiger charge is 2.64. The molecule has 1 N–H and O–H groups in total. The Bertz CT molecular complexity index is 511. The SMILES string of the molecule is CC1(C)[C@@H]2CC[C@]1(C)C(=O)N(C[C@H](O)CN1CCCCCC1)C2=O. The number of aliphatic hydroxyl groups excluding tert-OH is 1. The van der Waals surface area contributed by atoms with Gasteiger partial charge in [0.05, 0.1) is 18.1 Å². The Kier molecular flexibility index (Phi) is 4.77. The highest BCUT2D eigenvalue weighted by Crippen LogP contribution is 2.60. The lowest BCUT2D eigenvalue weighted by Crippen LogP contribution is -2.60. The van der Waals surface area contributed by atoms with E-state index < -0.39 is 11.5 Å². The zero-order valence-electron chi connectivity index (χ0n) is 15.4. The van der Waals surface area contributed by atoms with Crippen molar-refractivity contribution in [2.24, 2.45) is 16.7 Å². The summed E-state index contributed by atoms with van der Waals surface area (Å²) in [5, 5.41) is 10.5. The molecule has 1 saturated carbocycles. The lowest BCUT2D eigenvalue weighted by Gasteiger charge is -2.48. The monoisotopic (exact) mass is 336 g/mol. The highest BCUT2D eigenvalue weighted by molar-refractivity contribution is 6.03. The average Bonchev–Trinajstić information content (AvgIpc) is 2.70. The molecule has 0 unspecified atom stereocenters. The van der Waals surface area contributed by atoms with Crippen LogP contribution in [0.3, 0.4) is 0 Å². The predicted molar refractivity (Wildman–Crippen MR) is 92.2 cm³/mol. The molecule has 0 spiro atoms. The molecule has 0 radical (unpaired) electrons. The Balaban J connectivity index is 1.66. The van der Waals surface area contributed by atoms with Crippen molar-refractivity contribution in [3.8, 4) is 0 Å². The van der Waals surface area contributed by atoms with Crippen LogP contribution in [-0.2, 0) is 9.59 Å². The molecule has 2 amide bonds. The van der Waals surface area contributed by atoms with Crippen molar-refractivity contribution < 1.29 is 14.7 Å². The van der Waals surface area contributed by atoms with Gasteiger partial charge in [-0.05, 0) is 44.2 Å². The molecule has 136 valence electrons. The molecular formula is C19H32N2O3. The maximum atomic E-state index is 13.0. The molecule has 3 atom stereocenters. The van der Waals surface area contributed by atoms with Gasteiger partial charge in [-0.3, -0.25) is 14.5 Å². The normalized spacial score (nSPS) is 35.2. The summed E-state index contributed by atoms with van der Waals surface area (Å²) < 4.78 is 0. The summed E-state index contributed by atoms with van der Waals surface area (Å²) in [5.41, 5.74) is -0.763. The van der Waals surface area contributed by atoms with Crippen molar-refractivity contribution in [2.45, 2.75) is 65.4 Å². The van der Waals surface area contributed by atoms with Gasteiger partial charge in [0.25, 0.3) is 0 Å². The van der Waals surface area contributed by atoms with Crippen LogP contribution in [0.25, 0.3) is 0 Å². The number of β-amino-alcohol motifs (C(OH)–C–C–N with tert-alkyl or cyclic N) is 1. The number of imide groups is 1. The van der Waals surface area contributed by atoms with Crippen LogP contribution in [0, 0.1) is 16.7 Å². The lowest BCUT2D eigenvalue weighted by atomic mass is 9.62. The van der Waals surface area contributed by atoms with E-state index in [2.05, 4.69) is 4.90 Å². The fraction of sp³-hybridized carbons (Fsp3) is 0.895. The number of carbonyl (C=O) groups is 2. The number of piperidine rings is 1. The fourth-order valence-electron chi connectivity index (χ4n) is 4.96. The van der Waals surface area contributed by atoms with Crippen LogP contribution in [-0.4, -0.2) is 59.0 Å². The number of hydrogen-bond acceptors (Lipinski definition) is 4. The summed E-state index contributed by atoms with van der Waals surface area (Å²) in [7, 11) is 0. The van der Waals surface area contributed by atoms with Crippen molar-refractivity contribution in [1.29, 1.82) is 0 Å². The molecule has 3 rings (SSSR count). The van der Waals surface area contributed by atoms with E-state index in [0.29, 0.717) is 6.54 Å². The largest absolute Gasteiger partial charge is 0.390 e. The topological polar surface area (TPSA) is 60.9 Å². The second kappa shape index (κ2) is 6.41. The standard InChI is InChI=1S/C19H32N2O3/c1-18(2)15-8-9-19(18,3)17(24)21(16(15)23)13-14(22)12-20-10-6-4-5-7-11-20/h14-15,22H,4-13H2,1-3H3/t14-,15-,19-/m1/s1. The summed E-state index contributed by atoms with van der Waals surface area (Å²) >= 11 is 0. The molecule has 24 heavy (non-hydrogen) atoms. The van der Waals surface area contributed by atoms with Crippen LogP contribution < -0.4 is 0 Å². The molecule has 5 heteroatoms. The minimum absolute atomic E-state index is 0.0742. The van der Waals surface area contributed by atoms with Crippen LogP contribution in [0.5, 0.6) is 0 Å². The Morgan fingerprint density at radius 2 is 1.71 bits per heavy atom. The van der Waals surface area contributed by atoms with E-state index in [1.807, 2.05) is 20.8 Å². The van der Waals surface area contributed by atoms with Gasteiger partial charge in [0.2, 0.25) is 11.8 Å². The lowest BCUT2D eigenvalue weighted by molar-refractivity contribution is -0.169. The van der Waals surface area contributed by atoms with Gasteiger partial charge in [-0.2, -0.15) is 0 Å². The predicted octanol–water partition coefficient (Wildman–Crippen LogP) is 2.03. The van der Waals surface area contributed by atoms with E-state index in [1.54, 1.807) is 0 Å². The van der Waals surface area contributed by atoms with E-state index in [0.717, 1.165) is 25.9 Å². The van der Waals surface area contributed by atoms with E-state index in [4.69, 9.17) is 0 Å². The minimum Gasteiger partial charge on any atom is -0.390 e. The first-order chi connectivity index (χ1) is 11.3. The summed E-state index contributed by atoms with van der Waals surface area (Å²) in [6, 6.07) is 0. The summed E-state index contributed by atoms with van der Waals surface area (Å²) in [4.78, 5) is 29.4. The van der Waals surface area contributed by atoms with Crippen molar-refractivity contribution in [1.82, 2.24) is 9.80 Å². The molecule has 1 aliphatic carbocycles. The molecule has 2 bridgehead atoms. The second-order valence-electron chi connectivity index (χ2n) is 8.77. The number of aliphatic hydroxyl groups is 1. The van der Waals surface area contributed by atoms with Gasteiger partial charge in [-0.15, -0.1) is 0 Å². The molecular weight excluding hydrogens is 304 g/mol. The maximum Gasteiger partial charge on any atom is 0.235 e. The number of hydrogen-bond donors (Lipinski definition) is 1. The summed E-state index contributed by atoms with van der Waals surface area (Å²) in [6.45, 7) is 8.81. The van der Waals surface area contributed by atoms with Gasteiger partial charge in [0, 0.05) is 12.5 Å². The molecule has 3 aliphatic rings. The molecule has 2 saturated heterocycles. The van der Waals surface area contributed by atoms with E-state index >= 15 is 0 Å². The van der Waals surface area contributed by atoms with Crippen LogP contribution in [0.4, 0.5) is 0 Å². The quantitative estimate of drug-likeness (QED) is 0.798. The minimum atomic E-state index is -0.653. The van der Waals surface area contributed by atoms with E-state index in [9.17, 15) is 14.7 Å². The third kappa shape index (κ3) is 2.80. The molecule has 5 nitrogen and oxygen atoms in total. The number of nitrogens with zero attached hydrogens (tertiary/aromatic N) is 2. The smallest absolute Gasteiger partial charge is 0.235 e. The highest BCUT2D eigenvalue weighted by atomic mass is 16.3. The van der Waals surface area contributed by atoms with Crippen molar-refractivity contribution in [3.05, 3.63) is 0 Å². The molecule has 0 aromatic carbocycles. The van der Waals surface area contributed by atoms with Crippen LogP contribution in [0.1, 0.15) is 59.3 Å². The van der Waals surface area contributed by atoms with Crippen molar-refractivity contribution >= 4 is 11.8 Å². The van der Waals surface area contributed by atoms with Crippen LogP contribution in [0.15, 0.2) is 0 Å². The first kappa shape index (κ1) is 17.9. The Hall–Kier alpha value is -0.940. The van der Waals surface area contributed by atoms with Gasteiger partial charge >= 0.3 is 0 Å². The molecule has 0 aromatic rings. The number of fused-ring (bicyclic) bond motifs is 2. The Labute approximate surface area is 145 Å². The Morgan fingerprint density at radius 3 is 2.33 bits per heavy atom. The summed E-state index contributed by atoms with van der Waals surface area (Å²) in [5.74, 6) is -0.248. The summed E-state index contributed by atoms with van der Waals surface area (Å²) in [6.07, 6.45) is 5.75. The van der Waals surface area contributed by atoms with Crippen molar-refractivity contribution in [3.63, 3.8) is 0 Å². The van der Waals surface area contributed by atoms with Crippen LogP contribution >= 0.6 is 0 Å².